The highest BCUT2D eigenvalue weighted by atomic mass is 16.1. The molecule has 0 aliphatic rings. The molecule has 1 aromatic heterocycles. The molecule has 0 N–H and O–H groups in total. The Hall–Kier alpha value is -1.97. The first-order valence-electron chi connectivity index (χ1n) is 4.56. The van der Waals surface area contributed by atoms with Crippen LogP contribution in [0.15, 0.2) is 23.0 Å². The van der Waals surface area contributed by atoms with Gasteiger partial charge in [-0.15, -0.1) is 0 Å². The molecule has 0 unspecified atom stereocenters. The molecule has 15 heavy (non-hydrogen) atoms. The van der Waals surface area contributed by atoms with Crippen LogP contribution in [-0.4, -0.2) is 15.8 Å². The molecule has 76 valence electrons. The summed E-state index contributed by atoms with van der Waals surface area (Å²) in [5, 5.41) is 0.545. The first-order chi connectivity index (χ1) is 7.15. The van der Waals surface area contributed by atoms with Gasteiger partial charge in [-0.1, -0.05) is 12.1 Å². The highest BCUT2D eigenvalue weighted by molar-refractivity contribution is 5.83. The van der Waals surface area contributed by atoms with Gasteiger partial charge in [-0.3, -0.25) is 14.2 Å². The maximum absolute atomic E-state index is 11.8. The predicted molar refractivity (Wildman–Crippen MR) is 57.1 cm³/mol. The van der Waals surface area contributed by atoms with Gasteiger partial charge < -0.3 is 0 Å². The summed E-state index contributed by atoms with van der Waals surface area (Å²) in [6.45, 7) is 1.86. The Morgan fingerprint density at radius 3 is 2.80 bits per heavy atom. The maximum Gasteiger partial charge on any atom is 0.261 e. The minimum atomic E-state index is -0.189. The summed E-state index contributed by atoms with van der Waals surface area (Å²) in [7, 11) is 1.54. The molecule has 1 heterocycles. The fraction of sp³-hybridized carbons (Fsp3) is 0.182. The summed E-state index contributed by atoms with van der Waals surface area (Å²) in [5.74, 6) is 0.154. The van der Waals surface area contributed by atoms with Crippen molar-refractivity contribution in [3.8, 4) is 0 Å². The third-order valence-electron chi connectivity index (χ3n) is 2.45. The van der Waals surface area contributed by atoms with Gasteiger partial charge in [-0.25, -0.2) is 4.98 Å². The predicted octanol–water partition coefficient (Wildman–Crippen LogP) is 1.05. The molecule has 0 bridgehead atoms. The van der Waals surface area contributed by atoms with Crippen LogP contribution in [-0.2, 0) is 7.05 Å². The maximum atomic E-state index is 11.8. The normalized spacial score (nSPS) is 10.5. The number of para-hydroxylation sites is 1. The number of aromatic nitrogens is 2. The molecule has 0 fully saturated rings. The van der Waals surface area contributed by atoms with E-state index in [4.69, 9.17) is 0 Å². The number of rotatable bonds is 1. The molecule has 0 aliphatic heterocycles. The zero-order chi connectivity index (χ0) is 11.0. The van der Waals surface area contributed by atoms with Crippen molar-refractivity contribution in [1.82, 2.24) is 9.55 Å². The number of aryl methyl sites for hydroxylation is 1. The average molecular weight is 202 g/mol. The van der Waals surface area contributed by atoms with E-state index < -0.39 is 0 Å². The summed E-state index contributed by atoms with van der Waals surface area (Å²) < 4.78 is 1.26. The van der Waals surface area contributed by atoms with Crippen LogP contribution in [0.1, 0.15) is 16.2 Å². The van der Waals surface area contributed by atoms with Gasteiger partial charge in [0.05, 0.1) is 10.9 Å². The second kappa shape index (κ2) is 3.31. The van der Waals surface area contributed by atoms with Crippen molar-refractivity contribution in [1.29, 1.82) is 0 Å². The molecular formula is C11H10N2O2. The Kier molecular flexibility index (Phi) is 2.11. The van der Waals surface area contributed by atoms with E-state index in [1.165, 1.54) is 4.57 Å². The topological polar surface area (TPSA) is 52.0 Å². The van der Waals surface area contributed by atoms with Crippen molar-refractivity contribution in [2.75, 3.05) is 0 Å². The van der Waals surface area contributed by atoms with E-state index in [2.05, 4.69) is 4.98 Å². The standard InChI is InChI=1S/C11H10N2O2/c1-7-4-3-5-8-10(7)12-9(6-14)13(2)11(8)15/h3-6H,1-2H3. The van der Waals surface area contributed by atoms with Gasteiger partial charge in [0, 0.05) is 7.05 Å². The van der Waals surface area contributed by atoms with Gasteiger partial charge in [0.1, 0.15) is 0 Å². The van der Waals surface area contributed by atoms with Crippen LogP contribution in [0.5, 0.6) is 0 Å². The number of benzene rings is 1. The first-order valence-corrected chi connectivity index (χ1v) is 4.56. The van der Waals surface area contributed by atoms with E-state index >= 15 is 0 Å². The zero-order valence-corrected chi connectivity index (χ0v) is 8.52. The average Bonchev–Trinajstić information content (AvgIpc) is 2.24. The van der Waals surface area contributed by atoms with Crippen LogP contribution in [0.4, 0.5) is 0 Å². The quantitative estimate of drug-likeness (QED) is 0.649. The van der Waals surface area contributed by atoms with Gasteiger partial charge in [0.25, 0.3) is 5.56 Å². The second-order valence-electron chi connectivity index (χ2n) is 3.42. The Balaban J connectivity index is 3.04. The lowest BCUT2D eigenvalue weighted by molar-refractivity contribution is 0.111. The third kappa shape index (κ3) is 1.34. The van der Waals surface area contributed by atoms with E-state index in [0.29, 0.717) is 17.2 Å². The second-order valence-corrected chi connectivity index (χ2v) is 3.42. The lowest BCUT2D eigenvalue weighted by Gasteiger charge is -2.05. The van der Waals surface area contributed by atoms with Crippen LogP contribution >= 0.6 is 0 Å². The molecule has 1 aromatic carbocycles. The van der Waals surface area contributed by atoms with E-state index in [9.17, 15) is 9.59 Å². The number of carbonyl (C=O) groups excluding carboxylic acids is 1. The smallest absolute Gasteiger partial charge is 0.261 e. The molecule has 0 amide bonds. The molecule has 0 aliphatic carbocycles. The molecule has 2 rings (SSSR count). The van der Waals surface area contributed by atoms with Crippen molar-refractivity contribution < 1.29 is 4.79 Å². The summed E-state index contributed by atoms with van der Waals surface area (Å²) in [6.07, 6.45) is 0.591. The zero-order valence-electron chi connectivity index (χ0n) is 8.52. The molecule has 0 atom stereocenters. The van der Waals surface area contributed by atoms with Gasteiger partial charge in [0.15, 0.2) is 12.1 Å². The monoisotopic (exact) mass is 202 g/mol. The van der Waals surface area contributed by atoms with Crippen molar-refractivity contribution in [2.24, 2.45) is 7.05 Å². The van der Waals surface area contributed by atoms with Gasteiger partial charge in [-0.2, -0.15) is 0 Å². The van der Waals surface area contributed by atoms with Crippen LogP contribution in [0, 0.1) is 6.92 Å². The number of hydrogen-bond donors (Lipinski definition) is 0. The van der Waals surface area contributed by atoms with Crippen LogP contribution in [0.3, 0.4) is 0 Å². The Bertz CT molecular complexity index is 599. The van der Waals surface area contributed by atoms with E-state index in [-0.39, 0.29) is 11.4 Å². The molecule has 2 aromatic rings. The molecule has 0 saturated heterocycles. The Morgan fingerprint density at radius 2 is 2.13 bits per heavy atom. The van der Waals surface area contributed by atoms with Crippen molar-refractivity contribution in [3.63, 3.8) is 0 Å². The van der Waals surface area contributed by atoms with E-state index in [0.717, 1.165) is 5.56 Å². The summed E-state index contributed by atoms with van der Waals surface area (Å²) >= 11 is 0. The third-order valence-corrected chi connectivity index (χ3v) is 2.45. The summed E-state index contributed by atoms with van der Waals surface area (Å²) in [5.41, 5.74) is 1.31. The minimum absolute atomic E-state index is 0.154. The Labute approximate surface area is 86.2 Å². The highest BCUT2D eigenvalue weighted by Gasteiger charge is 2.08. The first kappa shape index (κ1) is 9.58. The van der Waals surface area contributed by atoms with Crippen molar-refractivity contribution in [3.05, 3.63) is 39.9 Å². The highest BCUT2D eigenvalue weighted by Crippen LogP contribution is 2.11. The molecule has 4 heteroatoms. The SMILES string of the molecule is Cc1cccc2c(=O)n(C)c(C=O)nc12. The number of nitrogens with zero attached hydrogens (tertiary/aromatic N) is 2. The van der Waals surface area contributed by atoms with E-state index in [1.54, 1.807) is 19.2 Å². The van der Waals surface area contributed by atoms with Crippen LogP contribution < -0.4 is 5.56 Å². The summed E-state index contributed by atoms with van der Waals surface area (Å²) in [6, 6.07) is 5.39. The van der Waals surface area contributed by atoms with E-state index in [1.807, 2.05) is 13.0 Å². The largest absolute Gasteiger partial charge is 0.294 e. The molecule has 0 spiro atoms. The number of fused-ring (bicyclic) bond motifs is 1. The Morgan fingerprint density at radius 1 is 1.40 bits per heavy atom. The fourth-order valence-corrected chi connectivity index (χ4v) is 1.56. The van der Waals surface area contributed by atoms with Crippen LogP contribution in [0.25, 0.3) is 10.9 Å². The molecule has 0 radical (unpaired) electrons. The lowest BCUT2D eigenvalue weighted by Crippen LogP contribution is -2.22. The van der Waals surface area contributed by atoms with Crippen molar-refractivity contribution in [2.45, 2.75) is 6.92 Å². The van der Waals surface area contributed by atoms with Crippen LogP contribution in [0.2, 0.25) is 0 Å². The van der Waals surface area contributed by atoms with Gasteiger partial charge in [0.2, 0.25) is 0 Å². The number of hydrogen-bond acceptors (Lipinski definition) is 3. The van der Waals surface area contributed by atoms with Crippen molar-refractivity contribution >= 4 is 17.2 Å². The number of carbonyl (C=O) groups is 1. The molecular weight excluding hydrogens is 192 g/mol. The lowest BCUT2D eigenvalue weighted by atomic mass is 10.1. The summed E-state index contributed by atoms with van der Waals surface area (Å²) in [4.78, 5) is 26.7. The molecule has 4 nitrogen and oxygen atoms in total. The molecule has 0 saturated carbocycles. The van der Waals surface area contributed by atoms with Gasteiger partial charge >= 0.3 is 0 Å². The minimum Gasteiger partial charge on any atom is -0.294 e. The van der Waals surface area contributed by atoms with Gasteiger partial charge in [-0.05, 0) is 18.6 Å². The number of aldehydes is 1. The fourth-order valence-electron chi connectivity index (χ4n) is 1.56.